The molecular weight excluding hydrogens is 242 g/mol. The molecule has 2 rings (SSSR count). The zero-order chi connectivity index (χ0) is 10.3. The molecule has 0 radical (unpaired) electrons. The first-order valence-corrected chi connectivity index (χ1v) is 5.55. The molecule has 2 N–H and O–H groups in total. The molecule has 2 nitrogen and oxygen atoms in total. The van der Waals surface area contributed by atoms with E-state index >= 15 is 0 Å². The van der Waals surface area contributed by atoms with Gasteiger partial charge in [-0.15, -0.1) is 0 Å². The number of rotatable bonds is 0. The van der Waals surface area contributed by atoms with Crippen LogP contribution in [-0.4, -0.2) is 5.60 Å². The Morgan fingerprint density at radius 3 is 2.86 bits per heavy atom. The van der Waals surface area contributed by atoms with Gasteiger partial charge in [-0.05, 0) is 38.8 Å². The summed E-state index contributed by atoms with van der Waals surface area (Å²) in [7, 11) is 0. The van der Waals surface area contributed by atoms with E-state index in [4.69, 9.17) is 10.5 Å². The Bertz CT molecular complexity index is 374. The molecule has 1 aromatic rings. The SMILES string of the molecule is CC1(C)CCc2c(Br)ccc(N)c2O1. The Labute approximate surface area is 92.6 Å². The lowest BCUT2D eigenvalue weighted by molar-refractivity contribution is 0.0855. The summed E-state index contributed by atoms with van der Waals surface area (Å²) in [5, 5.41) is 0. The van der Waals surface area contributed by atoms with Crippen LogP contribution in [0.1, 0.15) is 25.8 Å². The molecule has 1 aliphatic heterocycles. The van der Waals surface area contributed by atoms with Crippen LogP contribution in [0, 0.1) is 0 Å². The molecule has 0 atom stereocenters. The molecule has 1 aromatic carbocycles. The van der Waals surface area contributed by atoms with Crippen LogP contribution >= 0.6 is 15.9 Å². The van der Waals surface area contributed by atoms with Crippen LogP contribution in [0.2, 0.25) is 0 Å². The van der Waals surface area contributed by atoms with Gasteiger partial charge in [0.2, 0.25) is 0 Å². The van der Waals surface area contributed by atoms with E-state index in [1.807, 2.05) is 12.1 Å². The minimum Gasteiger partial charge on any atom is -0.485 e. The maximum absolute atomic E-state index is 5.89. The van der Waals surface area contributed by atoms with Crippen molar-refractivity contribution < 1.29 is 4.74 Å². The van der Waals surface area contributed by atoms with Gasteiger partial charge >= 0.3 is 0 Å². The molecule has 0 aromatic heterocycles. The Kier molecular flexibility index (Phi) is 2.22. The van der Waals surface area contributed by atoms with Crippen LogP contribution in [-0.2, 0) is 6.42 Å². The second-order valence-electron chi connectivity index (χ2n) is 4.31. The number of benzene rings is 1. The van der Waals surface area contributed by atoms with Crippen LogP contribution in [0.15, 0.2) is 16.6 Å². The van der Waals surface area contributed by atoms with Gasteiger partial charge in [-0.1, -0.05) is 15.9 Å². The van der Waals surface area contributed by atoms with E-state index in [2.05, 4.69) is 29.8 Å². The summed E-state index contributed by atoms with van der Waals surface area (Å²) in [6.45, 7) is 4.19. The summed E-state index contributed by atoms with van der Waals surface area (Å²) in [4.78, 5) is 0. The molecule has 1 aliphatic rings. The molecule has 1 heterocycles. The van der Waals surface area contributed by atoms with Gasteiger partial charge in [0.05, 0.1) is 5.69 Å². The molecule has 0 bridgehead atoms. The third-order valence-corrected chi connectivity index (χ3v) is 3.33. The highest BCUT2D eigenvalue weighted by molar-refractivity contribution is 9.10. The quantitative estimate of drug-likeness (QED) is 0.724. The fourth-order valence-electron chi connectivity index (χ4n) is 1.73. The normalized spacial score (nSPS) is 18.5. The third-order valence-electron chi connectivity index (χ3n) is 2.59. The highest BCUT2D eigenvalue weighted by Gasteiger charge is 2.28. The lowest BCUT2D eigenvalue weighted by Gasteiger charge is -2.33. The molecular formula is C11H14BrNO. The molecule has 0 saturated carbocycles. The van der Waals surface area contributed by atoms with Crippen molar-refractivity contribution in [2.75, 3.05) is 5.73 Å². The Morgan fingerprint density at radius 2 is 2.14 bits per heavy atom. The van der Waals surface area contributed by atoms with Gasteiger partial charge in [0.1, 0.15) is 11.4 Å². The van der Waals surface area contributed by atoms with Crippen molar-refractivity contribution in [1.29, 1.82) is 0 Å². The number of nitrogen functional groups attached to an aromatic ring is 1. The zero-order valence-corrected chi connectivity index (χ0v) is 10.0. The number of anilines is 1. The minimum atomic E-state index is -0.0953. The minimum absolute atomic E-state index is 0.0953. The average molecular weight is 256 g/mol. The van der Waals surface area contributed by atoms with Crippen LogP contribution < -0.4 is 10.5 Å². The van der Waals surface area contributed by atoms with Crippen molar-refractivity contribution >= 4 is 21.6 Å². The van der Waals surface area contributed by atoms with Crippen molar-refractivity contribution in [3.63, 3.8) is 0 Å². The molecule has 0 fully saturated rings. The summed E-state index contributed by atoms with van der Waals surface area (Å²) in [6, 6.07) is 3.86. The number of nitrogens with two attached hydrogens (primary N) is 1. The molecule has 3 heteroatoms. The Balaban J connectivity index is 2.51. The van der Waals surface area contributed by atoms with Gasteiger partial charge < -0.3 is 10.5 Å². The Morgan fingerprint density at radius 1 is 1.43 bits per heavy atom. The second-order valence-corrected chi connectivity index (χ2v) is 5.16. The summed E-state index contributed by atoms with van der Waals surface area (Å²) in [5.74, 6) is 0.857. The van der Waals surface area contributed by atoms with Gasteiger partial charge in [-0.2, -0.15) is 0 Å². The lowest BCUT2D eigenvalue weighted by Crippen LogP contribution is -2.33. The first-order chi connectivity index (χ1) is 6.49. The molecule has 0 spiro atoms. The Hall–Kier alpha value is -0.700. The van der Waals surface area contributed by atoms with E-state index in [9.17, 15) is 0 Å². The second kappa shape index (κ2) is 3.16. The highest BCUT2D eigenvalue weighted by atomic mass is 79.9. The number of ether oxygens (including phenoxy) is 1. The van der Waals surface area contributed by atoms with E-state index in [0.29, 0.717) is 0 Å². The zero-order valence-electron chi connectivity index (χ0n) is 8.43. The highest BCUT2D eigenvalue weighted by Crippen LogP contribution is 2.40. The van der Waals surface area contributed by atoms with Gasteiger partial charge in [-0.25, -0.2) is 0 Å². The fraction of sp³-hybridized carbons (Fsp3) is 0.455. The number of fused-ring (bicyclic) bond motifs is 1. The van der Waals surface area contributed by atoms with Gasteiger partial charge in [-0.3, -0.25) is 0 Å². The predicted molar refractivity (Wildman–Crippen MR) is 61.6 cm³/mol. The standard InChI is InChI=1S/C11H14BrNO/c1-11(2)6-5-7-8(12)3-4-9(13)10(7)14-11/h3-4H,5-6,13H2,1-2H3. The van der Waals surface area contributed by atoms with Crippen LogP contribution in [0.4, 0.5) is 5.69 Å². The molecule has 14 heavy (non-hydrogen) atoms. The predicted octanol–water partition coefficient (Wildman–Crippen LogP) is 3.13. The van der Waals surface area contributed by atoms with Crippen molar-refractivity contribution in [1.82, 2.24) is 0 Å². The van der Waals surface area contributed by atoms with Gasteiger partial charge in [0.25, 0.3) is 0 Å². The number of halogens is 1. The van der Waals surface area contributed by atoms with E-state index in [0.717, 1.165) is 28.8 Å². The topological polar surface area (TPSA) is 35.2 Å². The van der Waals surface area contributed by atoms with E-state index < -0.39 is 0 Å². The van der Waals surface area contributed by atoms with Gasteiger partial charge in [0.15, 0.2) is 0 Å². The smallest absolute Gasteiger partial charge is 0.147 e. The molecule has 0 aliphatic carbocycles. The number of hydrogen-bond acceptors (Lipinski definition) is 2. The fourth-order valence-corrected chi connectivity index (χ4v) is 2.24. The van der Waals surface area contributed by atoms with Crippen molar-refractivity contribution in [2.24, 2.45) is 0 Å². The summed E-state index contributed by atoms with van der Waals surface area (Å²) in [6.07, 6.45) is 2.05. The monoisotopic (exact) mass is 255 g/mol. The summed E-state index contributed by atoms with van der Waals surface area (Å²) >= 11 is 3.52. The average Bonchev–Trinajstić information content (AvgIpc) is 2.10. The maximum Gasteiger partial charge on any atom is 0.147 e. The molecule has 0 saturated heterocycles. The molecule has 0 amide bonds. The van der Waals surface area contributed by atoms with E-state index in [-0.39, 0.29) is 5.60 Å². The first kappa shape index (κ1) is 9.84. The first-order valence-electron chi connectivity index (χ1n) is 4.75. The van der Waals surface area contributed by atoms with Crippen LogP contribution in [0.25, 0.3) is 0 Å². The van der Waals surface area contributed by atoms with Gasteiger partial charge in [0, 0.05) is 10.0 Å². The van der Waals surface area contributed by atoms with Crippen LogP contribution in [0.5, 0.6) is 5.75 Å². The molecule has 76 valence electrons. The summed E-state index contributed by atoms with van der Waals surface area (Å²) in [5.41, 5.74) is 7.72. The molecule has 0 unspecified atom stereocenters. The lowest BCUT2D eigenvalue weighted by atomic mass is 9.94. The van der Waals surface area contributed by atoms with E-state index in [1.54, 1.807) is 0 Å². The maximum atomic E-state index is 5.89. The largest absolute Gasteiger partial charge is 0.485 e. The van der Waals surface area contributed by atoms with E-state index in [1.165, 1.54) is 5.56 Å². The van der Waals surface area contributed by atoms with Crippen molar-refractivity contribution in [3.05, 3.63) is 22.2 Å². The van der Waals surface area contributed by atoms with Crippen LogP contribution in [0.3, 0.4) is 0 Å². The third kappa shape index (κ3) is 1.61. The van der Waals surface area contributed by atoms with Crippen molar-refractivity contribution in [3.8, 4) is 5.75 Å². The summed E-state index contributed by atoms with van der Waals surface area (Å²) < 4.78 is 6.97. The number of hydrogen-bond donors (Lipinski definition) is 1. The van der Waals surface area contributed by atoms with Crippen molar-refractivity contribution in [2.45, 2.75) is 32.3 Å².